The van der Waals surface area contributed by atoms with E-state index in [1.165, 1.54) is 17.5 Å². The molecule has 4 rings (SSSR count). The number of nitrogens with one attached hydrogen (secondary N) is 4. The number of carbonyl (C=O) groups is 2. The van der Waals surface area contributed by atoms with Crippen LogP contribution in [0.15, 0.2) is 42.5 Å². The fourth-order valence-corrected chi connectivity index (χ4v) is 4.00. The van der Waals surface area contributed by atoms with Gasteiger partial charge in [-0.05, 0) is 80.5 Å². The van der Waals surface area contributed by atoms with Crippen molar-refractivity contribution < 1.29 is 9.59 Å². The average molecular weight is 415 g/mol. The zero-order valence-corrected chi connectivity index (χ0v) is 17.1. The summed E-state index contributed by atoms with van der Waals surface area (Å²) < 4.78 is 0. The van der Waals surface area contributed by atoms with E-state index in [2.05, 4.69) is 27.3 Å². The van der Waals surface area contributed by atoms with Crippen molar-refractivity contribution in [2.75, 3.05) is 22.5 Å². The standard InChI is InChI=1S/C22H26N4O2.ClH/c27-21(20-12-5-13-23-20)24-16-8-4-9-17(14-16)25-22(28)26-19-11-3-7-15-6-1-2-10-18(15)19;/h3-4,7-9,11,14,20,23H,1-2,5-6,10,12-13H2,(H,24,27)(H2,25,26,28);1H. The van der Waals surface area contributed by atoms with Crippen LogP contribution in [0.25, 0.3) is 0 Å². The van der Waals surface area contributed by atoms with Crippen molar-refractivity contribution in [2.45, 2.75) is 44.6 Å². The van der Waals surface area contributed by atoms with Crippen molar-refractivity contribution in [1.29, 1.82) is 0 Å². The lowest BCUT2D eigenvalue weighted by Gasteiger charge is -2.19. The van der Waals surface area contributed by atoms with E-state index in [0.717, 1.165) is 44.3 Å². The summed E-state index contributed by atoms with van der Waals surface area (Å²) in [5, 5.41) is 11.9. The molecule has 4 N–H and O–H groups in total. The summed E-state index contributed by atoms with van der Waals surface area (Å²) in [5.41, 5.74) is 4.77. The molecular formula is C22H27ClN4O2. The Morgan fingerprint density at radius 2 is 1.66 bits per heavy atom. The second-order valence-corrected chi connectivity index (χ2v) is 7.45. The summed E-state index contributed by atoms with van der Waals surface area (Å²) in [5.74, 6) is -0.0324. The number of anilines is 3. The Hall–Kier alpha value is -2.57. The molecule has 7 heteroatoms. The van der Waals surface area contributed by atoms with Crippen LogP contribution in [-0.4, -0.2) is 24.5 Å². The van der Waals surface area contributed by atoms with Gasteiger partial charge in [-0.3, -0.25) is 4.79 Å². The summed E-state index contributed by atoms with van der Waals surface area (Å²) in [4.78, 5) is 24.7. The number of carbonyl (C=O) groups excluding carboxylic acids is 2. The van der Waals surface area contributed by atoms with E-state index in [1.807, 2.05) is 30.3 Å². The zero-order valence-electron chi connectivity index (χ0n) is 16.3. The van der Waals surface area contributed by atoms with Gasteiger partial charge in [0, 0.05) is 17.1 Å². The maximum atomic E-state index is 12.5. The third-order valence-electron chi connectivity index (χ3n) is 5.41. The van der Waals surface area contributed by atoms with Gasteiger partial charge in [-0.15, -0.1) is 12.4 Å². The molecule has 3 amide bonds. The first-order valence-electron chi connectivity index (χ1n) is 10.0. The first-order chi connectivity index (χ1) is 13.7. The molecule has 0 radical (unpaired) electrons. The van der Waals surface area contributed by atoms with E-state index < -0.39 is 0 Å². The van der Waals surface area contributed by atoms with E-state index in [0.29, 0.717) is 11.4 Å². The highest BCUT2D eigenvalue weighted by Gasteiger charge is 2.22. The van der Waals surface area contributed by atoms with Gasteiger partial charge in [0.2, 0.25) is 5.91 Å². The van der Waals surface area contributed by atoms with E-state index >= 15 is 0 Å². The van der Waals surface area contributed by atoms with Gasteiger partial charge in [0.25, 0.3) is 0 Å². The van der Waals surface area contributed by atoms with Crippen molar-refractivity contribution in [1.82, 2.24) is 5.32 Å². The smallest absolute Gasteiger partial charge is 0.323 e. The number of rotatable bonds is 4. The minimum Gasteiger partial charge on any atom is -0.325 e. The van der Waals surface area contributed by atoms with Crippen LogP contribution in [0, 0.1) is 0 Å². The quantitative estimate of drug-likeness (QED) is 0.601. The molecule has 1 aliphatic heterocycles. The maximum absolute atomic E-state index is 12.5. The Bertz CT molecular complexity index is 881. The fraction of sp³-hybridized carbons (Fsp3) is 0.364. The lowest BCUT2D eigenvalue weighted by Crippen LogP contribution is -2.35. The number of halogens is 1. The maximum Gasteiger partial charge on any atom is 0.323 e. The summed E-state index contributed by atoms with van der Waals surface area (Å²) in [6.07, 6.45) is 6.31. The van der Waals surface area contributed by atoms with E-state index in [-0.39, 0.29) is 30.4 Å². The second-order valence-electron chi connectivity index (χ2n) is 7.45. The van der Waals surface area contributed by atoms with Crippen molar-refractivity contribution >= 4 is 41.4 Å². The molecule has 2 aromatic rings. The van der Waals surface area contributed by atoms with Crippen LogP contribution in [0.2, 0.25) is 0 Å². The summed E-state index contributed by atoms with van der Waals surface area (Å²) in [6, 6.07) is 12.9. The van der Waals surface area contributed by atoms with Crippen LogP contribution in [0.3, 0.4) is 0 Å². The summed E-state index contributed by atoms with van der Waals surface area (Å²) >= 11 is 0. The number of urea groups is 1. The van der Waals surface area contributed by atoms with Gasteiger partial charge < -0.3 is 21.3 Å². The van der Waals surface area contributed by atoms with Crippen molar-refractivity contribution in [2.24, 2.45) is 0 Å². The molecule has 1 aliphatic carbocycles. The number of amides is 3. The van der Waals surface area contributed by atoms with Gasteiger partial charge in [0.05, 0.1) is 6.04 Å². The molecule has 0 spiro atoms. The van der Waals surface area contributed by atoms with Crippen LogP contribution in [0.5, 0.6) is 0 Å². The second kappa shape index (κ2) is 9.76. The van der Waals surface area contributed by atoms with Crippen LogP contribution < -0.4 is 21.3 Å². The minimum atomic E-state index is -0.278. The molecular weight excluding hydrogens is 388 g/mol. The molecule has 1 unspecified atom stereocenters. The molecule has 154 valence electrons. The molecule has 2 aliphatic rings. The SMILES string of the molecule is Cl.O=C(Nc1cccc(NC(=O)C2CCCN2)c1)Nc1cccc2c1CCCC2. The molecule has 1 saturated heterocycles. The van der Waals surface area contributed by atoms with Crippen molar-refractivity contribution in [3.8, 4) is 0 Å². The summed E-state index contributed by atoms with van der Waals surface area (Å²) in [7, 11) is 0. The normalized spacial score (nSPS) is 17.6. The lowest BCUT2D eigenvalue weighted by atomic mass is 9.90. The predicted molar refractivity (Wildman–Crippen MR) is 119 cm³/mol. The molecule has 1 heterocycles. The lowest BCUT2D eigenvalue weighted by molar-refractivity contribution is -0.117. The van der Waals surface area contributed by atoms with Gasteiger partial charge >= 0.3 is 6.03 Å². The Balaban J connectivity index is 0.00000240. The van der Waals surface area contributed by atoms with Gasteiger partial charge in [-0.1, -0.05) is 18.2 Å². The molecule has 6 nitrogen and oxygen atoms in total. The summed E-state index contributed by atoms with van der Waals surface area (Å²) in [6.45, 7) is 0.878. The largest absolute Gasteiger partial charge is 0.325 e. The predicted octanol–water partition coefficient (Wildman–Crippen LogP) is 4.32. The van der Waals surface area contributed by atoms with Gasteiger partial charge in [-0.25, -0.2) is 4.79 Å². The number of hydrogen-bond donors (Lipinski definition) is 4. The van der Waals surface area contributed by atoms with Crippen molar-refractivity contribution in [3.05, 3.63) is 53.6 Å². The third kappa shape index (κ3) is 5.28. The van der Waals surface area contributed by atoms with Crippen LogP contribution >= 0.6 is 12.4 Å². The van der Waals surface area contributed by atoms with E-state index in [9.17, 15) is 9.59 Å². The Morgan fingerprint density at radius 3 is 2.45 bits per heavy atom. The van der Waals surface area contributed by atoms with Crippen LogP contribution in [0.1, 0.15) is 36.8 Å². The molecule has 29 heavy (non-hydrogen) atoms. The third-order valence-corrected chi connectivity index (χ3v) is 5.41. The molecule has 0 bridgehead atoms. The first-order valence-corrected chi connectivity index (χ1v) is 10.0. The minimum absolute atomic E-state index is 0. The van der Waals surface area contributed by atoms with Crippen molar-refractivity contribution in [3.63, 3.8) is 0 Å². The van der Waals surface area contributed by atoms with Crippen LogP contribution in [0.4, 0.5) is 21.9 Å². The number of hydrogen-bond acceptors (Lipinski definition) is 3. The molecule has 1 fully saturated rings. The molecule has 0 saturated carbocycles. The monoisotopic (exact) mass is 414 g/mol. The Morgan fingerprint density at radius 1 is 0.897 bits per heavy atom. The highest BCUT2D eigenvalue weighted by atomic mass is 35.5. The van der Waals surface area contributed by atoms with E-state index in [4.69, 9.17) is 0 Å². The van der Waals surface area contributed by atoms with Gasteiger partial charge in [0.15, 0.2) is 0 Å². The number of aryl methyl sites for hydroxylation is 1. The molecule has 0 aromatic heterocycles. The van der Waals surface area contributed by atoms with Gasteiger partial charge in [0.1, 0.15) is 0 Å². The fourth-order valence-electron chi connectivity index (χ4n) is 4.00. The van der Waals surface area contributed by atoms with E-state index in [1.54, 1.807) is 6.07 Å². The average Bonchev–Trinajstić information content (AvgIpc) is 3.23. The zero-order chi connectivity index (χ0) is 19.3. The van der Waals surface area contributed by atoms with Gasteiger partial charge in [-0.2, -0.15) is 0 Å². The van der Waals surface area contributed by atoms with Crippen LogP contribution in [-0.2, 0) is 17.6 Å². The topological polar surface area (TPSA) is 82.3 Å². The number of benzene rings is 2. The molecule has 2 aromatic carbocycles. The Labute approximate surface area is 177 Å². The number of fused-ring (bicyclic) bond motifs is 1. The molecule has 1 atom stereocenters. The first kappa shape index (κ1) is 21.1. The highest BCUT2D eigenvalue weighted by Crippen LogP contribution is 2.28. The highest BCUT2D eigenvalue weighted by molar-refractivity contribution is 6.01. The Kier molecular flexibility index (Phi) is 7.12.